The molecule has 1 atom stereocenters. The van der Waals surface area contributed by atoms with Gasteiger partial charge in [0.15, 0.2) is 5.69 Å². The number of thioether (sulfide) groups is 1. The Bertz CT molecular complexity index is 488. The van der Waals surface area contributed by atoms with Crippen molar-refractivity contribution in [3.63, 3.8) is 0 Å². The highest BCUT2D eigenvalue weighted by molar-refractivity contribution is 7.98. The average Bonchev–Trinajstić information content (AvgIpc) is 3.14. The minimum absolute atomic E-state index is 0.189. The van der Waals surface area contributed by atoms with E-state index in [1.54, 1.807) is 11.8 Å². The fourth-order valence-corrected chi connectivity index (χ4v) is 3.11. The predicted molar refractivity (Wildman–Crippen MR) is 110 cm³/mol. The molecule has 0 saturated carbocycles. The van der Waals surface area contributed by atoms with Crippen molar-refractivity contribution in [1.82, 2.24) is 15.2 Å². The first-order chi connectivity index (χ1) is 12.6. The standard InChI is InChI=1S/C19H36N4O2S/c1-4-6-11-23(12-7-5-2)13-8-10-21-18(24)17-15-25-19(22-17)16(20)9-14-26-3/h15-16H,4-14,20H2,1-3H3,(H,21,24). The zero-order valence-corrected chi connectivity index (χ0v) is 17.4. The molecule has 1 aromatic heterocycles. The number of hydrogen-bond donors (Lipinski definition) is 2. The van der Waals surface area contributed by atoms with Crippen molar-refractivity contribution in [2.75, 3.05) is 38.2 Å². The summed E-state index contributed by atoms with van der Waals surface area (Å²) in [7, 11) is 0. The van der Waals surface area contributed by atoms with Crippen LogP contribution in [0.25, 0.3) is 0 Å². The lowest BCUT2D eigenvalue weighted by atomic mass is 10.2. The molecule has 0 aliphatic carbocycles. The molecule has 0 aliphatic heterocycles. The van der Waals surface area contributed by atoms with Gasteiger partial charge in [0.05, 0.1) is 6.04 Å². The van der Waals surface area contributed by atoms with Gasteiger partial charge >= 0.3 is 0 Å². The van der Waals surface area contributed by atoms with Crippen LogP contribution in [-0.4, -0.2) is 54.0 Å². The molecule has 0 radical (unpaired) electrons. The van der Waals surface area contributed by atoms with E-state index in [1.165, 1.54) is 31.9 Å². The second kappa shape index (κ2) is 14.1. The summed E-state index contributed by atoms with van der Waals surface area (Å²) in [5, 5.41) is 2.93. The molecule has 1 rings (SSSR count). The Hall–Kier alpha value is -1.05. The number of rotatable bonds is 15. The van der Waals surface area contributed by atoms with Crippen LogP contribution in [0.5, 0.6) is 0 Å². The van der Waals surface area contributed by atoms with Crippen molar-refractivity contribution in [2.45, 2.75) is 58.4 Å². The van der Waals surface area contributed by atoms with Gasteiger partial charge in [-0.05, 0) is 57.3 Å². The second-order valence-electron chi connectivity index (χ2n) is 6.62. The quantitative estimate of drug-likeness (QED) is 0.451. The van der Waals surface area contributed by atoms with Crippen molar-refractivity contribution in [3.05, 3.63) is 17.8 Å². The molecular formula is C19H36N4O2S. The molecule has 26 heavy (non-hydrogen) atoms. The van der Waals surface area contributed by atoms with Crippen LogP contribution in [0, 0.1) is 0 Å². The summed E-state index contributed by atoms with van der Waals surface area (Å²) >= 11 is 1.73. The van der Waals surface area contributed by atoms with Gasteiger partial charge in [-0.1, -0.05) is 26.7 Å². The summed E-state index contributed by atoms with van der Waals surface area (Å²) in [6.45, 7) is 8.39. The summed E-state index contributed by atoms with van der Waals surface area (Å²) in [4.78, 5) is 18.9. The number of oxazole rings is 1. The van der Waals surface area contributed by atoms with E-state index in [1.807, 2.05) is 6.26 Å². The van der Waals surface area contributed by atoms with Crippen LogP contribution >= 0.6 is 11.8 Å². The highest BCUT2D eigenvalue weighted by Crippen LogP contribution is 2.15. The van der Waals surface area contributed by atoms with E-state index >= 15 is 0 Å². The maximum atomic E-state index is 12.2. The number of amides is 1. The molecule has 0 bridgehead atoms. The van der Waals surface area contributed by atoms with E-state index in [4.69, 9.17) is 10.2 Å². The first-order valence-corrected chi connectivity index (χ1v) is 11.2. The molecule has 1 heterocycles. The Labute approximate surface area is 162 Å². The Balaban J connectivity index is 2.33. The number of hydrogen-bond acceptors (Lipinski definition) is 6. The number of unbranched alkanes of at least 4 members (excludes halogenated alkanes) is 2. The van der Waals surface area contributed by atoms with Gasteiger partial charge in [-0.3, -0.25) is 4.79 Å². The minimum Gasteiger partial charge on any atom is -0.446 e. The van der Waals surface area contributed by atoms with Crippen LogP contribution in [0.4, 0.5) is 0 Å². The second-order valence-corrected chi connectivity index (χ2v) is 7.60. The number of carbonyl (C=O) groups is 1. The molecule has 6 nitrogen and oxygen atoms in total. The molecule has 0 aliphatic rings. The van der Waals surface area contributed by atoms with Gasteiger partial charge < -0.3 is 20.4 Å². The summed E-state index contributed by atoms with van der Waals surface area (Å²) in [5.74, 6) is 1.19. The van der Waals surface area contributed by atoms with Crippen LogP contribution in [0.3, 0.4) is 0 Å². The van der Waals surface area contributed by atoms with Gasteiger partial charge in [0, 0.05) is 6.54 Å². The SMILES string of the molecule is CCCCN(CCCC)CCCNC(=O)c1coc(C(N)CCSC)n1. The van der Waals surface area contributed by atoms with Gasteiger partial charge in [0.25, 0.3) is 5.91 Å². The van der Waals surface area contributed by atoms with Gasteiger partial charge in [-0.15, -0.1) is 0 Å². The van der Waals surface area contributed by atoms with E-state index in [2.05, 4.69) is 29.0 Å². The molecule has 0 aromatic carbocycles. The van der Waals surface area contributed by atoms with Crippen LogP contribution in [-0.2, 0) is 0 Å². The zero-order chi connectivity index (χ0) is 19.2. The lowest BCUT2D eigenvalue weighted by Crippen LogP contribution is -2.31. The maximum Gasteiger partial charge on any atom is 0.273 e. The van der Waals surface area contributed by atoms with E-state index in [0.29, 0.717) is 18.1 Å². The van der Waals surface area contributed by atoms with Crippen molar-refractivity contribution in [2.24, 2.45) is 5.73 Å². The molecule has 3 N–H and O–H groups in total. The van der Waals surface area contributed by atoms with Crippen LogP contribution < -0.4 is 11.1 Å². The monoisotopic (exact) mass is 384 g/mol. The van der Waals surface area contributed by atoms with Gasteiger partial charge in [0.2, 0.25) is 5.89 Å². The normalized spacial score (nSPS) is 12.5. The van der Waals surface area contributed by atoms with Crippen molar-refractivity contribution in [1.29, 1.82) is 0 Å². The first kappa shape index (κ1) is 23.0. The Morgan fingerprint density at radius 1 is 1.27 bits per heavy atom. The molecule has 150 valence electrons. The molecule has 0 spiro atoms. The highest BCUT2D eigenvalue weighted by Gasteiger charge is 2.16. The third kappa shape index (κ3) is 9.05. The molecule has 1 amide bonds. The number of nitrogens with zero attached hydrogens (tertiary/aromatic N) is 2. The molecule has 1 unspecified atom stereocenters. The maximum absolute atomic E-state index is 12.2. The van der Waals surface area contributed by atoms with Crippen LogP contribution in [0.2, 0.25) is 0 Å². The molecule has 0 fully saturated rings. The summed E-state index contributed by atoms with van der Waals surface area (Å²) in [5.41, 5.74) is 6.34. The van der Waals surface area contributed by atoms with Crippen molar-refractivity contribution < 1.29 is 9.21 Å². The summed E-state index contributed by atoms with van der Waals surface area (Å²) in [6, 6.07) is -0.255. The van der Waals surface area contributed by atoms with Gasteiger partial charge in [-0.25, -0.2) is 4.98 Å². The van der Waals surface area contributed by atoms with Crippen LogP contribution in [0.1, 0.15) is 74.8 Å². The van der Waals surface area contributed by atoms with Crippen LogP contribution in [0.15, 0.2) is 10.7 Å². The van der Waals surface area contributed by atoms with Crippen molar-refractivity contribution >= 4 is 17.7 Å². The topological polar surface area (TPSA) is 84.4 Å². The van der Waals surface area contributed by atoms with Gasteiger partial charge in [0.1, 0.15) is 6.26 Å². The van der Waals surface area contributed by atoms with E-state index in [-0.39, 0.29) is 11.9 Å². The third-order valence-electron chi connectivity index (χ3n) is 4.30. The van der Waals surface area contributed by atoms with Crippen molar-refractivity contribution in [3.8, 4) is 0 Å². The first-order valence-electron chi connectivity index (χ1n) is 9.82. The molecule has 1 aromatic rings. The highest BCUT2D eigenvalue weighted by atomic mass is 32.2. The number of aromatic nitrogens is 1. The number of nitrogens with two attached hydrogens (primary N) is 1. The lowest BCUT2D eigenvalue weighted by Gasteiger charge is -2.21. The molecular weight excluding hydrogens is 348 g/mol. The van der Waals surface area contributed by atoms with E-state index < -0.39 is 0 Å². The number of carbonyl (C=O) groups excluding carboxylic acids is 1. The summed E-state index contributed by atoms with van der Waals surface area (Å²) in [6.07, 6.45) is 10.1. The molecule has 0 saturated heterocycles. The molecule has 7 heteroatoms. The van der Waals surface area contributed by atoms with E-state index in [9.17, 15) is 4.79 Å². The van der Waals surface area contributed by atoms with E-state index in [0.717, 1.165) is 38.2 Å². The number of nitrogens with one attached hydrogen (secondary N) is 1. The fraction of sp³-hybridized carbons (Fsp3) is 0.789. The largest absolute Gasteiger partial charge is 0.446 e. The summed E-state index contributed by atoms with van der Waals surface area (Å²) < 4.78 is 5.36. The Morgan fingerprint density at radius 2 is 1.92 bits per heavy atom. The predicted octanol–water partition coefficient (Wildman–Crippen LogP) is 3.45. The third-order valence-corrected chi connectivity index (χ3v) is 4.94. The zero-order valence-electron chi connectivity index (χ0n) is 16.6. The average molecular weight is 385 g/mol. The Morgan fingerprint density at radius 3 is 2.54 bits per heavy atom. The minimum atomic E-state index is -0.255. The smallest absolute Gasteiger partial charge is 0.273 e. The van der Waals surface area contributed by atoms with Gasteiger partial charge in [-0.2, -0.15) is 11.8 Å². The lowest BCUT2D eigenvalue weighted by molar-refractivity contribution is 0.0946. The fourth-order valence-electron chi connectivity index (χ4n) is 2.62. The Kier molecular flexibility index (Phi) is 12.4.